The van der Waals surface area contributed by atoms with Gasteiger partial charge in [0.1, 0.15) is 17.6 Å². The number of carbonyl (C=O) groups excluding carboxylic acids is 1. The number of rotatable bonds is 5. The van der Waals surface area contributed by atoms with E-state index in [1.165, 1.54) is 0 Å². The van der Waals surface area contributed by atoms with Gasteiger partial charge in [0.15, 0.2) is 5.60 Å². The molecule has 0 aliphatic carbocycles. The molecule has 0 radical (unpaired) electrons. The second-order valence-corrected chi connectivity index (χ2v) is 7.75. The third kappa shape index (κ3) is 5.13. The molecule has 3 rings (SSSR count). The summed E-state index contributed by atoms with van der Waals surface area (Å²) in [5.41, 5.74) is 0.0215. The molecule has 2 aromatic rings. The Morgan fingerprint density at radius 2 is 1.74 bits per heavy atom. The van der Waals surface area contributed by atoms with Crippen LogP contribution in [0.4, 0.5) is 0 Å². The molecule has 27 heavy (non-hydrogen) atoms. The summed E-state index contributed by atoms with van der Waals surface area (Å²) in [5, 5.41) is 0.636. The van der Waals surface area contributed by atoms with E-state index in [1.807, 2.05) is 24.0 Å². The molecule has 1 fully saturated rings. The van der Waals surface area contributed by atoms with Crippen LogP contribution in [0.1, 0.15) is 32.4 Å². The van der Waals surface area contributed by atoms with Crippen LogP contribution in [0, 0.1) is 6.92 Å². The molecule has 1 saturated heterocycles. The summed E-state index contributed by atoms with van der Waals surface area (Å²) in [5.74, 6) is 1.38. The number of amides is 1. The van der Waals surface area contributed by atoms with E-state index in [2.05, 4.69) is 4.98 Å². The third-order valence-electron chi connectivity index (χ3n) is 4.62. The van der Waals surface area contributed by atoms with Crippen molar-refractivity contribution in [2.45, 2.75) is 45.3 Å². The van der Waals surface area contributed by atoms with E-state index in [0.717, 1.165) is 24.3 Å². The molecule has 144 valence electrons. The Labute approximate surface area is 165 Å². The number of likely N-dealkylation sites (tertiary alicyclic amines) is 1. The molecule has 5 nitrogen and oxygen atoms in total. The molecule has 0 bridgehead atoms. The Balaban J connectivity index is 1.53. The SMILES string of the molecule is Cc1ccc(OC2CCN(C(=O)C(C)(C)Oc3ccc(Cl)cc3)CC2)cn1. The van der Waals surface area contributed by atoms with Crippen molar-refractivity contribution in [2.24, 2.45) is 0 Å². The highest BCUT2D eigenvalue weighted by molar-refractivity contribution is 6.30. The van der Waals surface area contributed by atoms with Crippen LogP contribution in [0.2, 0.25) is 5.02 Å². The lowest BCUT2D eigenvalue weighted by molar-refractivity contribution is -0.147. The van der Waals surface area contributed by atoms with Crippen LogP contribution in [-0.2, 0) is 4.79 Å². The number of nitrogens with zero attached hydrogens (tertiary/aromatic N) is 2. The quantitative estimate of drug-likeness (QED) is 0.767. The number of benzene rings is 1. The molecule has 0 spiro atoms. The fourth-order valence-corrected chi connectivity index (χ4v) is 3.24. The first-order valence-corrected chi connectivity index (χ1v) is 9.54. The van der Waals surface area contributed by atoms with Crippen molar-refractivity contribution in [3.63, 3.8) is 0 Å². The van der Waals surface area contributed by atoms with Gasteiger partial charge in [0.05, 0.1) is 6.20 Å². The summed E-state index contributed by atoms with van der Waals surface area (Å²) >= 11 is 5.90. The summed E-state index contributed by atoms with van der Waals surface area (Å²) < 4.78 is 11.9. The van der Waals surface area contributed by atoms with E-state index in [1.54, 1.807) is 44.3 Å². The van der Waals surface area contributed by atoms with Crippen molar-refractivity contribution < 1.29 is 14.3 Å². The first kappa shape index (κ1) is 19.5. The fourth-order valence-electron chi connectivity index (χ4n) is 3.11. The van der Waals surface area contributed by atoms with Crippen molar-refractivity contribution in [3.8, 4) is 11.5 Å². The van der Waals surface area contributed by atoms with Crippen LogP contribution in [-0.4, -0.2) is 40.6 Å². The zero-order chi connectivity index (χ0) is 19.4. The zero-order valence-corrected chi connectivity index (χ0v) is 16.7. The zero-order valence-electron chi connectivity index (χ0n) is 15.9. The number of ether oxygens (including phenoxy) is 2. The van der Waals surface area contributed by atoms with Gasteiger partial charge in [-0.05, 0) is 57.2 Å². The monoisotopic (exact) mass is 388 g/mol. The Morgan fingerprint density at radius 3 is 2.33 bits per heavy atom. The van der Waals surface area contributed by atoms with E-state index in [-0.39, 0.29) is 12.0 Å². The van der Waals surface area contributed by atoms with Crippen molar-refractivity contribution >= 4 is 17.5 Å². The maximum atomic E-state index is 12.9. The lowest BCUT2D eigenvalue weighted by atomic mass is 10.0. The van der Waals surface area contributed by atoms with Crippen molar-refractivity contribution in [3.05, 3.63) is 53.3 Å². The molecule has 0 N–H and O–H groups in total. The van der Waals surface area contributed by atoms with Gasteiger partial charge in [0.2, 0.25) is 0 Å². The van der Waals surface area contributed by atoms with Gasteiger partial charge in [0, 0.05) is 36.6 Å². The largest absolute Gasteiger partial charge is 0.489 e. The van der Waals surface area contributed by atoms with Gasteiger partial charge in [-0.1, -0.05) is 11.6 Å². The molecule has 2 heterocycles. The van der Waals surface area contributed by atoms with Gasteiger partial charge in [-0.25, -0.2) is 0 Å². The maximum Gasteiger partial charge on any atom is 0.266 e. The maximum absolute atomic E-state index is 12.9. The number of aryl methyl sites for hydroxylation is 1. The lowest BCUT2D eigenvalue weighted by Crippen LogP contribution is -2.52. The minimum Gasteiger partial charge on any atom is -0.489 e. The highest BCUT2D eigenvalue weighted by Gasteiger charge is 2.36. The Kier molecular flexibility index (Phi) is 5.90. The highest BCUT2D eigenvalue weighted by Crippen LogP contribution is 2.25. The van der Waals surface area contributed by atoms with Crippen LogP contribution < -0.4 is 9.47 Å². The predicted octanol–water partition coefficient (Wildman–Crippen LogP) is 4.27. The molecular weight excluding hydrogens is 364 g/mol. The van der Waals surface area contributed by atoms with E-state index in [4.69, 9.17) is 21.1 Å². The number of carbonyl (C=O) groups is 1. The Bertz CT molecular complexity index is 767. The molecular formula is C21H25ClN2O3. The van der Waals surface area contributed by atoms with Crippen molar-refractivity contribution in [1.29, 1.82) is 0 Å². The summed E-state index contributed by atoms with van der Waals surface area (Å²) in [4.78, 5) is 19.0. The van der Waals surface area contributed by atoms with Gasteiger partial charge in [0.25, 0.3) is 5.91 Å². The minimum atomic E-state index is -0.942. The second kappa shape index (κ2) is 8.17. The molecule has 0 atom stereocenters. The normalized spacial score (nSPS) is 15.5. The molecule has 1 aliphatic heterocycles. The molecule has 0 saturated carbocycles. The van der Waals surface area contributed by atoms with Gasteiger partial charge in [-0.2, -0.15) is 0 Å². The number of hydrogen-bond donors (Lipinski definition) is 0. The topological polar surface area (TPSA) is 51.7 Å². The first-order chi connectivity index (χ1) is 12.8. The van der Waals surface area contributed by atoms with Crippen LogP contribution in [0.25, 0.3) is 0 Å². The molecule has 1 aliphatic rings. The van der Waals surface area contributed by atoms with Crippen LogP contribution in [0.15, 0.2) is 42.6 Å². The van der Waals surface area contributed by atoms with Crippen LogP contribution in [0.3, 0.4) is 0 Å². The summed E-state index contributed by atoms with van der Waals surface area (Å²) in [7, 11) is 0. The van der Waals surface area contributed by atoms with E-state index in [0.29, 0.717) is 23.9 Å². The van der Waals surface area contributed by atoms with E-state index < -0.39 is 5.60 Å². The number of aromatic nitrogens is 1. The number of pyridine rings is 1. The molecule has 1 amide bonds. The highest BCUT2D eigenvalue weighted by atomic mass is 35.5. The average Bonchev–Trinajstić information content (AvgIpc) is 2.65. The van der Waals surface area contributed by atoms with Gasteiger partial charge < -0.3 is 14.4 Å². The van der Waals surface area contributed by atoms with E-state index in [9.17, 15) is 4.79 Å². The molecule has 1 aromatic heterocycles. The van der Waals surface area contributed by atoms with Gasteiger partial charge in [-0.3, -0.25) is 9.78 Å². The van der Waals surface area contributed by atoms with Gasteiger partial charge >= 0.3 is 0 Å². The number of halogens is 1. The lowest BCUT2D eigenvalue weighted by Gasteiger charge is -2.37. The van der Waals surface area contributed by atoms with Crippen LogP contribution in [0.5, 0.6) is 11.5 Å². The smallest absolute Gasteiger partial charge is 0.266 e. The minimum absolute atomic E-state index is 0.0205. The van der Waals surface area contributed by atoms with E-state index >= 15 is 0 Å². The predicted molar refractivity (Wildman–Crippen MR) is 105 cm³/mol. The third-order valence-corrected chi connectivity index (χ3v) is 4.87. The molecule has 0 unspecified atom stereocenters. The van der Waals surface area contributed by atoms with Crippen molar-refractivity contribution in [1.82, 2.24) is 9.88 Å². The molecule has 6 heteroatoms. The van der Waals surface area contributed by atoms with Crippen LogP contribution >= 0.6 is 11.6 Å². The fraction of sp³-hybridized carbons (Fsp3) is 0.429. The van der Waals surface area contributed by atoms with Gasteiger partial charge in [-0.15, -0.1) is 0 Å². The summed E-state index contributed by atoms with van der Waals surface area (Å²) in [6, 6.07) is 10.9. The standard InChI is InChI=1S/C21H25ClN2O3/c1-15-4-7-19(14-23-15)26-17-10-12-24(13-11-17)20(25)21(2,3)27-18-8-5-16(22)6-9-18/h4-9,14,17H,10-13H2,1-3H3. The summed E-state index contributed by atoms with van der Waals surface area (Å²) in [6.07, 6.45) is 3.42. The number of piperidine rings is 1. The Morgan fingerprint density at radius 1 is 1.11 bits per heavy atom. The average molecular weight is 389 g/mol. The van der Waals surface area contributed by atoms with Crippen molar-refractivity contribution in [2.75, 3.05) is 13.1 Å². The molecule has 1 aromatic carbocycles. The second-order valence-electron chi connectivity index (χ2n) is 7.31. The Hall–Kier alpha value is -2.27. The first-order valence-electron chi connectivity index (χ1n) is 9.17. The summed E-state index contributed by atoms with van der Waals surface area (Å²) in [6.45, 7) is 6.84. The number of hydrogen-bond acceptors (Lipinski definition) is 4.